The molecule has 0 aliphatic carbocycles. The smallest absolute Gasteiger partial charge is 0.183 e. The minimum Gasteiger partial charge on any atom is -0.360 e. The summed E-state index contributed by atoms with van der Waals surface area (Å²) in [5.74, 6) is 0.516. The summed E-state index contributed by atoms with van der Waals surface area (Å²) in [5, 5.41) is 23.4. The van der Waals surface area contributed by atoms with E-state index in [4.69, 9.17) is 15.2 Å². The lowest BCUT2D eigenvalue weighted by Gasteiger charge is -1.99. The highest BCUT2D eigenvalue weighted by atomic mass is 127. The second kappa shape index (κ2) is 5.45. The maximum Gasteiger partial charge on any atom is 0.183 e. The molecule has 0 saturated heterocycles. The molecule has 0 atom stereocenters. The summed E-state index contributed by atoms with van der Waals surface area (Å²) in [5.41, 5.74) is 3.38. The molecule has 1 heterocycles. The monoisotopic (exact) mass is 317 g/mol. The Morgan fingerprint density at radius 3 is 3.07 bits per heavy atom. The molecule has 0 aromatic carbocycles. The van der Waals surface area contributed by atoms with Gasteiger partial charge in [-0.1, -0.05) is 5.16 Å². The molecule has 6 nitrogen and oxygen atoms in total. The Bertz CT molecular complexity index is 430. The summed E-state index contributed by atoms with van der Waals surface area (Å²) in [6.07, 6.45) is 0.345. The van der Waals surface area contributed by atoms with E-state index in [1.807, 2.05) is 28.7 Å². The van der Waals surface area contributed by atoms with Gasteiger partial charge < -0.3 is 9.95 Å². The predicted octanol–water partition coefficient (Wildman–Crippen LogP) is 1.08. The third-order valence-electron chi connectivity index (χ3n) is 1.52. The van der Waals surface area contributed by atoms with Crippen LogP contribution in [0.4, 0.5) is 0 Å². The van der Waals surface area contributed by atoms with E-state index in [0.29, 0.717) is 21.6 Å². The number of hydrazone groups is 1. The second-order valence-electron chi connectivity index (χ2n) is 2.56. The third kappa shape index (κ3) is 3.32. The van der Waals surface area contributed by atoms with Gasteiger partial charge >= 0.3 is 0 Å². The molecule has 0 spiro atoms. The molecule has 0 bridgehead atoms. The highest BCUT2D eigenvalue weighted by molar-refractivity contribution is 14.1. The van der Waals surface area contributed by atoms with Crippen molar-refractivity contribution in [2.24, 2.45) is 5.10 Å². The normalized spacial score (nSPS) is 10.9. The first-order valence-electron chi connectivity index (χ1n) is 4.00. The van der Waals surface area contributed by atoms with Crippen LogP contribution in [0.1, 0.15) is 11.5 Å². The van der Waals surface area contributed by atoms with Gasteiger partial charge in [0.1, 0.15) is 15.5 Å². The van der Waals surface area contributed by atoms with Crippen molar-refractivity contribution >= 4 is 32.0 Å². The number of nitrogens with one attached hydrogen (secondary N) is 2. The fraction of sp³-hybridized carbons (Fsp3) is 0.250. The van der Waals surface area contributed by atoms with Crippen LogP contribution in [0.3, 0.4) is 0 Å². The lowest BCUT2D eigenvalue weighted by Crippen LogP contribution is -2.14. The number of hydrogen-bond acceptors (Lipinski definition) is 6. The molecule has 78 valence electrons. The Morgan fingerprint density at radius 2 is 2.60 bits per heavy atom. The Hall–Kier alpha value is -1.43. The number of hydrogen-bond donors (Lipinski definition) is 2. The summed E-state index contributed by atoms with van der Waals surface area (Å²) in [6, 6.07) is 3.40. The van der Waals surface area contributed by atoms with Crippen molar-refractivity contribution in [3.05, 3.63) is 17.5 Å². The average Bonchev–Trinajstić information content (AvgIpc) is 2.65. The summed E-state index contributed by atoms with van der Waals surface area (Å²) < 4.78 is 5.22. The molecule has 15 heavy (non-hydrogen) atoms. The van der Waals surface area contributed by atoms with Gasteiger partial charge in [0.05, 0.1) is 12.1 Å². The summed E-state index contributed by atoms with van der Waals surface area (Å²) in [6.45, 7) is 0. The molecular weight excluding hydrogens is 309 g/mol. The van der Waals surface area contributed by atoms with E-state index in [1.54, 1.807) is 7.05 Å². The number of rotatable bonds is 4. The summed E-state index contributed by atoms with van der Waals surface area (Å²) >= 11 is 1.86. The van der Waals surface area contributed by atoms with Gasteiger partial charge in [-0.05, 0) is 22.6 Å². The average molecular weight is 317 g/mol. The minimum absolute atomic E-state index is 0.230. The van der Waals surface area contributed by atoms with Crippen LogP contribution in [0.15, 0.2) is 15.7 Å². The molecular formula is C8H8IN5O. The molecule has 2 N–H and O–H groups in total. The summed E-state index contributed by atoms with van der Waals surface area (Å²) in [4.78, 5) is 0. The van der Waals surface area contributed by atoms with Gasteiger partial charge in [0, 0.05) is 13.1 Å². The van der Waals surface area contributed by atoms with Crippen molar-refractivity contribution in [2.75, 3.05) is 7.05 Å². The van der Waals surface area contributed by atoms with Gasteiger partial charge in [-0.2, -0.15) is 10.4 Å². The fourth-order valence-electron chi connectivity index (χ4n) is 0.915. The van der Waals surface area contributed by atoms with Gasteiger partial charge in [0.2, 0.25) is 0 Å². The maximum atomic E-state index is 8.54. The van der Waals surface area contributed by atoms with Crippen LogP contribution in [0, 0.1) is 16.7 Å². The number of nitrogens with zero attached hydrogens (tertiary/aromatic N) is 3. The van der Waals surface area contributed by atoms with Gasteiger partial charge in [-0.3, -0.25) is 5.41 Å². The van der Waals surface area contributed by atoms with Gasteiger partial charge in [-0.25, -0.2) is 0 Å². The van der Waals surface area contributed by atoms with Crippen LogP contribution in [0.5, 0.6) is 0 Å². The maximum absolute atomic E-state index is 8.54. The Labute approximate surface area is 100.0 Å². The number of halogens is 1. The summed E-state index contributed by atoms with van der Waals surface area (Å²) in [7, 11) is 1.65. The molecule has 0 aliphatic rings. The molecule has 7 heteroatoms. The van der Waals surface area contributed by atoms with Crippen LogP contribution >= 0.6 is 22.6 Å². The molecule has 1 rings (SSSR count). The quantitative estimate of drug-likeness (QED) is 0.493. The Morgan fingerprint density at radius 1 is 1.87 bits per heavy atom. The molecule has 0 unspecified atom stereocenters. The van der Waals surface area contributed by atoms with Crippen LogP contribution < -0.4 is 5.43 Å². The van der Waals surface area contributed by atoms with Crippen LogP contribution in [-0.4, -0.2) is 21.6 Å². The largest absolute Gasteiger partial charge is 0.360 e. The van der Waals surface area contributed by atoms with E-state index < -0.39 is 0 Å². The first kappa shape index (κ1) is 11.6. The van der Waals surface area contributed by atoms with Crippen LogP contribution in [-0.2, 0) is 6.42 Å². The van der Waals surface area contributed by atoms with E-state index >= 15 is 0 Å². The van der Waals surface area contributed by atoms with E-state index in [9.17, 15) is 0 Å². The topological polar surface area (TPSA) is 98.1 Å². The van der Waals surface area contributed by atoms with Crippen LogP contribution in [0.2, 0.25) is 0 Å². The SMILES string of the molecule is CN/N=C(/Cc1cc(C#N)no1)C(=N)I. The molecule has 1 aromatic heterocycles. The van der Waals surface area contributed by atoms with E-state index in [2.05, 4.69) is 15.7 Å². The number of aromatic nitrogens is 1. The lowest BCUT2D eigenvalue weighted by atomic mass is 10.2. The number of nitriles is 1. The predicted molar refractivity (Wildman–Crippen MR) is 63.2 cm³/mol. The zero-order valence-corrected chi connectivity index (χ0v) is 10.1. The molecule has 0 aliphatic heterocycles. The Balaban J connectivity index is 2.80. The van der Waals surface area contributed by atoms with Crippen molar-refractivity contribution in [1.82, 2.24) is 10.6 Å². The zero-order chi connectivity index (χ0) is 11.3. The van der Waals surface area contributed by atoms with Crippen molar-refractivity contribution in [3.63, 3.8) is 0 Å². The molecule has 1 aromatic rings. The fourth-order valence-corrected chi connectivity index (χ4v) is 1.23. The molecule has 0 fully saturated rings. The first-order valence-corrected chi connectivity index (χ1v) is 5.08. The Kier molecular flexibility index (Phi) is 4.23. The third-order valence-corrected chi connectivity index (χ3v) is 2.14. The highest BCUT2D eigenvalue weighted by Crippen LogP contribution is 2.06. The van der Waals surface area contributed by atoms with Crippen molar-refractivity contribution in [1.29, 1.82) is 10.7 Å². The molecule has 0 amide bonds. The van der Waals surface area contributed by atoms with Gasteiger partial charge in [0.15, 0.2) is 5.69 Å². The van der Waals surface area contributed by atoms with Gasteiger partial charge in [-0.15, -0.1) is 0 Å². The lowest BCUT2D eigenvalue weighted by molar-refractivity contribution is 0.391. The standard InChI is InChI=1S/C8H8IN5O/c1-12-13-7(8(9)11)3-6-2-5(4-10)14-15-6/h2,11-12H,3H2,1H3/b11-8?,13-7-. The zero-order valence-electron chi connectivity index (χ0n) is 7.91. The van der Waals surface area contributed by atoms with Crippen molar-refractivity contribution < 1.29 is 4.52 Å². The van der Waals surface area contributed by atoms with E-state index in [1.165, 1.54) is 6.07 Å². The highest BCUT2D eigenvalue weighted by Gasteiger charge is 2.10. The van der Waals surface area contributed by atoms with Gasteiger partial charge in [0.25, 0.3) is 0 Å². The second-order valence-corrected chi connectivity index (χ2v) is 3.64. The molecule has 0 radical (unpaired) electrons. The van der Waals surface area contributed by atoms with Crippen molar-refractivity contribution in [2.45, 2.75) is 6.42 Å². The van der Waals surface area contributed by atoms with Crippen molar-refractivity contribution in [3.8, 4) is 6.07 Å². The minimum atomic E-state index is 0.230. The van der Waals surface area contributed by atoms with E-state index in [0.717, 1.165) is 0 Å². The van der Waals surface area contributed by atoms with Crippen LogP contribution in [0.25, 0.3) is 0 Å². The van der Waals surface area contributed by atoms with E-state index in [-0.39, 0.29) is 5.69 Å². The first-order chi connectivity index (χ1) is 7.17. The molecule has 0 saturated carbocycles.